The van der Waals surface area contributed by atoms with E-state index < -0.39 is 0 Å². The number of hydrogen-bond acceptors (Lipinski definition) is 6. The summed E-state index contributed by atoms with van der Waals surface area (Å²) in [5.74, 6) is 2.42. The first-order valence-corrected chi connectivity index (χ1v) is 10.3. The van der Waals surface area contributed by atoms with Crippen molar-refractivity contribution in [2.75, 3.05) is 21.3 Å². The summed E-state index contributed by atoms with van der Waals surface area (Å²) in [5.41, 5.74) is 6.07. The molecule has 4 aromatic rings. The van der Waals surface area contributed by atoms with Crippen molar-refractivity contribution in [1.82, 2.24) is 10.4 Å². The molecule has 0 fully saturated rings. The molecule has 1 aromatic heterocycles. The number of amidine groups is 1. The van der Waals surface area contributed by atoms with Gasteiger partial charge >= 0.3 is 0 Å². The Bertz CT molecular complexity index is 1320. The molecule has 3 aromatic carbocycles. The smallest absolute Gasteiger partial charge is 0.173 e. The van der Waals surface area contributed by atoms with Gasteiger partial charge in [-0.3, -0.25) is 5.43 Å². The van der Waals surface area contributed by atoms with Gasteiger partial charge in [-0.15, -0.1) is 0 Å². The lowest BCUT2D eigenvalue weighted by Crippen LogP contribution is -2.20. The molecule has 0 bridgehead atoms. The lowest BCUT2D eigenvalue weighted by atomic mass is 10.2. The lowest BCUT2D eigenvalue weighted by Gasteiger charge is -2.09. The van der Waals surface area contributed by atoms with Crippen molar-refractivity contribution in [3.8, 4) is 17.2 Å². The van der Waals surface area contributed by atoms with Crippen LogP contribution in [0.3, 0.4) is 0 Å². The number of benzene rings is 3. The van der Waals surface area contributed by atoms with Gasteiger partial charge in [0.25, 0.3) is 0 Å². The van der Waals surface area contributed by atoms with E-state index in [1.54, 1.807) is 27.5 Å². The molecule has 7 heteroatoms. The van der Waals surface area contributed by atoms with Gasteiger partial charge in [-0.1, -0.05) is 36.4 Å². The van der Waals surface area contributed by atoms with Crippen LogP contribution < -0.4 is 19.6 Å². The molecule has 7 nitrogen and oxygen atoms in total. The summed E-state index contributed by atoms with van der Waals surface area (Å²) in [5, 5.41) is 5.45. The van der Waals surface area contributed by atoms with Gasteiger partial charge < -0.3 is 14.2 Å². The number of rotatable bonds is 7. The summed E-state index contributed by atoms with van der Waals surface area (Å²) in [6.45, 7) is 0. The summed E-state index contributed by atoms with van der Waals surface area (Å²) in [7, 11) is 4.82. The van der Waals surface area contributed by atoms with Crippen LogP contribution in [-0.4, -0.2) is 38.4 Å². The molecule has 0 atom stereocenters. The van der Waals surface area contributed by atoms with Crippen LogP contribution in [0, 0.1) is 0 Å². The zero-order valence-corrected chi connectivity index (χ0v) is 18.6. The first-order chi connectivity index (χ1) is 16.2. The predicted molar refractivity (Wildman–Crippen MR) is 131 cm³/mol. The molecule has 0 saturated carbocycles. The second-order valence-corrected chi connectivity index (χ2v) is 7.01. The molecule has 4 rings (SSSR count). The second kappa shape index (κ2) is 10.3. The first kappa shape index (κ1) is 21.8. The van der Waals surface area contributed by atoms with Gasteiger partial charge in [-0.2, -0.15) is 5.10 Å². The first-order valence-electron chi connectivity index (χ1n) is 10.3. The molecule has 0 unspecified atom stereocenters. The van der Waals surface area contributed by atoms with Gasteiger partial charge in [0.2, 0.25) is 0 Å². The summed E-state index contributed by atoms with van der Waals surface area (Å²) >= 11 is 0. The number of methoxy groups -OCH3 is 3. The molecule has 166 valence electrons. The van der Waals surface area contributed by atoms with E-state index in [0.29, 0.717) is 34.5 Å². The van der Waals surface area contributed by atoms with Gasteiger partial charge in [0.15, 0.2) is 17.3 Å². The molecule has 0 spiro atoms. The molecule has 1 heterocycles. The third-order valence-electron chi connectivity index (χ3n) is 4.95. The Labute approximate surface area is 192 Å². The van der Waals surface area contributed by atoms with E-state index in [1.165, 1.54) is 0 Å². The molecule has 0 amide bonds. The summed E-state index contributed by atoms with van der Waals surface area (Å²) in [6, 6.07) is 24.9. The highest BCUT2D eigenvalue weighted by Gasteiger charge is 2.09. The fraction of sp³-hybridized carbons (Fsp3) is 0.115. The van der Waals surface area contributed by atoms with Crippen molar-refractivity contribution in [3.05, 3.63) is 90.1 Å². The molecule has 0 aliphatic carbocycles. The van der Waals surface area contributed by atoms with Crippen LogP contribution in [0.1, 0.15) is 11.3 Å². The van der Waals surface area contributed by atoms with E-state index in [2.05, 4.69) is 10.5 Å². The van der Waals surface area contributed by atoms with Crippen molar-refractivity contribution in [1.29, 1.82) is 0 Å². The number of aliphatic imine (C=N–C) groups is 1. The fourth-order valence-corrected chi connectivity index (χ4v) is 3.28. The normalized spacial score (nSPS) is 11.5. The minimum atomic E-state index is 0.488. The molecule has 0 saturated heterocycles. The number of hydrazone groups is 1. The highest BCUT2D eigenvalue weighted by atomic mass is 16.5. The summed E-state index contributed by atoms with van der Waals surface area (Å²) < 4.78 is 16.1. The zero-order valence-electron chi connectivity index (χ0n) is 18.6. The van der Waals surface area contributed by atoms with Gasteiger partial charge in [-0.25, -0.2) is 9.98 Å². The number of para-hydroxylation sites is 3. The molecule has 0 radical (unpaired) electrons. The Morgan fingerprint density at radius 1 is 0.788 bits per heavy atom. The van der Waals surface area contributed by atoms with Crippen molar-refractivity contribution in [2.24, 2.45) is 10.1 Å². The Kier molecular flexibility index (Phi) is 6.80. The number of aromatic nitrogens is 1. The Hall–Kier alpha value is -4.39. The molecule has 1 N–H and O–H groups in total. The highest BCUT2D eigenvalue weighted by molar-refractivity contribution is 6.01. The predicted octanol–water partition coefficient (Wildman–Crippen LogP) is 4.96. The van der Waals surface area contributed by atoms with Gasteiger partial charge in [0.1, 0.15) is 17.1 Å². The monoisotopic (exact) mass is 440 g/mol. The van der Waals surface area contributed by atoms with E-state index in [4.69, 9.17) is 24.2 Å². The number of nitrogens with zero attached hydrogens (tertiary/aromatic N) is 3. The van der Waals surface area contributed by atoms with E-state index in [-0.39, 0.29) is 0 Å². The van der Waals surface area contributed by atoms with Gasteiger partial charge in [0.05, 0.1) is 33.1 Å². The van der Waals surface area contributed by atoms with E-state index in [9.17, 15) is 0 Å². The number of fused-ring (bicyclic) bond motifs is 1. The number of nitrogens with one attached hydrogen (secondary N) is 1. The Balaban J connectivity index is 1.69. The Morgan fingerprint density at radius 3 is 2.36 bits per heavy atom. The maximum absolute atomic E-state index is 5.45. The summed E-state index contributed by atoms with van der Waals surface area (Å²) in [6.07, 6.45) is 1.68. The van der Waals surface area contributed by atoms with Crippen LogP contribution in [0.4, 0.5) is 5.69 Å². The second-order valence-electron chi connectivity index (χ2n) is 7.01. The van der Waals surface area contributed by atoms with Crippen molar-refractivity contribution in [3.63, 3.8) is 0 Å². The number of hydrogen-bond donors (Lipinski definition) is 1. The standard InChI is InChI=1S/C26H24N4O3/c1-31-23-11-7-6-10-21(23)29-26(22-14-13-19-8-4-5-9-20(19)28-22)30-27-17-18-12-15-24(32-2)25(16-18)33-3/h4-17H,1-3H3,(H,29,30)/b27-17+. The minimum absolute atomic E-state index is 0.488. The van der Waals surface area contributed by atoms with Crippen LogP contribution >= 0.6 is 0 Å². The quantitative estimate of drug-likeness (QED) is 0.250. The zero-order chi connectivity index (χ0) is 23.0. The Morgan fingerprint density at radius 2 is 1.55 bits per heavy atom. The third-order valence-corrected chi connectivity index (χ3v) is 4.95. The van der Waals surface area contributed by atoms with Crippen LogP contribution in [0.25, 0.3) is 10.9 Å². The van der Waals surface area contributed by atoms with Crippen molar-refractivity contribution < 1.29 is 14.2 Å². The maximum Gasteiger partial charge on any atom is 0.173 e. The average molecular weight is 441 g/mol. The third kappa shape index (κ3) is 5.10. The largest absolute Gasteiger partial charge is 0.494 e. The SMILES string of the molecule is COc1ccccc1N=C(N/N=C/c1ccc(OC)c(OC)c1)c1ccc2ccccc2n1. The van der Waals surface area contributed by atoms with Crippen LogP contribution in [-0.2, 0) is 0 Å². The minimum Gasteiger partial charge on any atom is -0.494 e. The molecule has 33 heavy (non-hydrogen) atoms. The molecular formula is C26H24N4O3. The van der Waals surface area contributed by atoms with E-state index in [1.807, 2.05) is 78.9 Å². The average Bonchev–Trinajstić information content (AvgIpc) is 2.88. The van der Waals surface area contributed by atoms with E-state index >= 15 is 0 Å². The fourth-order valence-electron chi connectivity index (χ4n) is 3.28. The number of pyridine rings is 1. The molecule has 0 aliphatic rings. The van der Waals surface area contributed by atoms with Crippen molar-refractivity contribution in [2.45, 2.75) is 0 Å². The molecule has 0 aliphatic heterocycles. The summed E-state index contributed by atoms with van der Waals surface area (Å²) in [4.78, 5) is 9.52. The maximum atomic E-state index is 5.45. The highest BCUT2D eigenvalue weighted by Crippen LogP contribution is 2.28. The van der Waals surface area contributed by atoms with Crippen molar-refractivity contribution >= 4 is 28.6 Å². The number of ether oxygens (including phenoxy) is 3. The van der Waals surface area contributed by atoms with Gasteiger partial charge in [-0.05, 0) is 48.0 Å². The van der Waals surface area contributed by atoms with Crippen LogP contribution in [0.5, 0.6) is 17.2 Å². The lowest BCUT2D eigenvalue weighted by molar-refractivity contribution is 0.355. The topological polar surface area (TPSA) is 77.3 Å². The van der Waals surface area contributed by atoms with Crippen LogP contribution in [0.2, 0.25) is 0 Å². The van der Waals surface area contributed by atoms with Crippen LogP contribution in [0.15, 0.2) is 89.0 Å². The van der Waals surface area contributed by atoms with E-state index in [0.717, 1.165) is 16.5 Å². The van der Waals surface area contributed by atoms with Gasteiger partial charge in [0, 0.05) is 5.39 Å². The molecular weight excluding hydrogens is 416 g/mol.